The van der Waals surface area contributed by atoms with E-state index in [0.29, 0.717) is 23.4 Å². The SMILES string of the molecule is CC1C=c2c(-c3nc(-c4ccccc4)nc(-c4ccccc4)n3)c(-c3ccc(-c4cc(-c5ccccc5)cc(-c5ccccc5)n4)cc3)ccc2=CC1. The molecular formula is C49H36N4. The molecule has 0 radical (unpaired) electrons. The Balaban J connectivity index is 1.21. The summed E-state index contributed by atoms with van der Waals surface area (Å²) in [5.74, 6) is 2.36. The van der Waals surface area contributed by atoms with E-state index >= 15 is 0 Å². The van der Waals surface area contributed by atoms with Crippen LogP contribution in [0.1, 0.15) is 13.3 Å². The molecule has 4 heteroatoms. The van der Waals surface area contributed by atoms with E-state index in [1.807, 2.05) is 42.5 Å². The van der Waals surface area contributed by atoms with Gasteiger partial charge in [0.05, 0.1) is 11.4 Å². The van der Waals surface area contributed by atoms with Gasteiger partial charge in [0.25, 0.3) is 0 Å². The number of fused-ring (bicyclic) bond motifs is 1. The molecule has 9 rings (SSSR count). The standard InChI is InChI=1S/C49H36N4/c1-33-22-23-36-28-29-42(46(43(36)30-33)49-52-47(39-18-10-4-11-19-39)51-48(53-49)40-20-12-5-13-21-40)35-24-26-38(27-25-35)45-32-41(34-14-6-2-7-15-34)31-44(50-45)37-16-8-3-9-17-37/h2-21,23-33H,22H2,1H3. The number of rotatable bonds is 7. The number of aromatic nitrogens is 4. The second-order valence-corrected chi connectivity index (χ2v) is 13.5. The maximum atomic E-state index is 5.19. The summed E-state index contributed by atoms with van der Waals surface area (Å²) in [5.41, 5.74) is 11.4. The second kappa shape index (κ2) is 14.1. The minimum absolute atomic E-state index is 0.393. The number of hydrogen-bond donors (Lipinski definition) is 0. The Morgan fingerprint density at radius 2 is 0.887 bits per heavy atom. The van der Waals surface area contributed by atoms with Gasteiger partial charge in [0.1, 0.15) is 0 Å². The fourth-order valence-electron chi connectivity index (χ4n) is 7.11. The summed E-state index contributed by atoms with van der Waals surface area (Å²) < 4.78 is 0. The van der Waals surface area contributed by atoms with Gasteiger partial charge >= 0.3 is 0 Å². The largest absolute Gasteiger partial charge is 0.248 e. The van der Waals surface area contributed by atoms with E-state index in [9.17, 15) is 0 Å². The van der Waals surface area contributed by atoms with Crippen molar-refractivity contribution in [2.24, 2.45) is 5.92 Å². The van der Waals surface area contributed by atoms with Gasteiger partial charge in [-0.25, -0.2) is 19.9 Å². The highest BCUT2D eigenvalue weighted by atomic mass is 15.0. The summed E-state index contributed by atoms with van der Waals surface area (Å²) in [6, 6.07) is 58.8. The van der Waals surface area contributed by atoms with E-state index < -0.39 is 0 Å². The van der Waals surface area contributed by atoms with Crippen LogP contribution in [0.15, 0.2) is 170 Å². The van der Waals surface area contributed by atoms with Crippen LogP contribution in [0.5, 0.6) is 0 Å². The molecule has 1 aliphatic rings. The van der Waals surface area contributed by atoms with Crippen LogP contribution in [0.3, 0.4) is 0 Å². The highest BCUT2D eigenvalue weighted by Crippen LogP contribution is 2.34. The zero-order valence-electron chi connectivity index (χ0n) is 29.4. The Kier molecular flexibility index (Phi) is 8.55. The van der Waals surface area contributed by atoms with Crippen LogP contribution >= 0.6 is 0 Å². The van der Waals surface area contributed by atoms with Gasteiger partial charge in [-0.2, -0.15) is 0 Å². The maximum absolute atomic E-state index is 5.19. The van der Waals surface area contributed by atoms with E-state index in [4.69, 9.17) is 19.9 Å². The summed E-state index contributed by atoms with van der Waals surface area (Å²) in [5, 5.41) is 2.37. The molecule has 1 atom stereocenters. The van der Waals surface area contributed by atoms with Crippen LogP contribution in [0.25, 0.3) is 91.1 Å². The van der Waals surface area contributed by atoms with Gasteiger partial charge in [0.15, 0.2) is 17.5 Å². The number of nitrogens with zero attached hydrogens (tertiary/aromatic N) is 4. The number of hydrogen-bond acceptors (Lipinski definition) is 4. The summed E-state index contributed by atoms with van der Waals surface area (Å²) in [4.78, 5) is 20.5. The van der Waals surface area contributed by atoms with Crippen LogP contribution < -0.4 is 10.4 Å². The minimum Gasteiger partial charge on any atom is -0.248 e. The fourth-order valence-corrected chi connectivity index (χ4v) is 7.11. The Morgan fingerprint density at radius 3 is 1.45 bits per heavy atom. The van der Waals surface area contributed by atoms with Crippen molar-refractivity contribution in [2.45, 2.75) is 13.3 Å². The van der Waals surface area contributed by atoms with E-state index in [1.54, 1.807) is 0 Å². The minimum atomic E-state index is 0.393. The van der Waals surface area contributed by atoms with Gasteiger partial charge in [0.2, 0.25) is 0 Å². The first-order valence-corrected chi connectivity index (χ1v) is 18.1. The Morgan fingerprint density at radius 1 is 0.415 bits per heavy atom. The zero-order valence-corrected chi connectivity index (χ0v) is 29.4. The molecule has 0 bridgehead atoms. The average molecular weight is 681 g/mol. The van der Waals surface area contributed by atoms with Gasteiger partial charge in [-0.1, -0.05) is 177 Å². The fraction of sp³-hybridized carbons (Fsp3) is 0.0612. The third-order valence-corrected chi connectivity index (χ3v) is 9.86. The molecular weight excluding hydrogens is 645 g/mol. The monoisotopic (exact) mass is 680 g/mol. The van der Waals surface area contributed by atoms with Crippen molar-refractivity contribution in [1.82, 2.24) is 19.9 Å². The van der Waals surface area contributed by atoms with Crippen LogP contribution in [-0.4, -0.2) is 19.9 Å². The molecule has 0 fully saturated rings. The molecule has 0 aliphatic heterocycles. The summed E-state index contributed by atoms with van der Waals surface area (Å²) in [6.45, 7) is 2.27. The molecule has 0 saturated carbocycles. The molecule has 0 N–H and O–H groups in total. The van der Waals surface area contributed by atoms with Crippen molar-refractivity contribution >= 4 is 12.2 Å². The van der Waals surface area contributed by atoms with Gasteiger partial charge in [-0.05, 0) is 57.2 Å². The number of benzene rings is 6. The zero-order chi connectivity index (χ0) is 35.6. The Hall–Kier alpha value is -6.78. The highest BCUT2D eigenvalue weighted by Gasteiger charge is 2.19. The van der Waals surface area contributed by atoms with E-state index in [2.05, 4.69) is 146 Å². The van der Waals surface area contributed by atoms with Gasteiger partial charge in [0, 0.05) is 27.8 Å². The van der Waals surface area contributed by atoms with E-state index in [0.717, 1.165) is 67.9 Å². The van der Waals surface area contributed by atoms with Crippen molar-refractivity contribution < 1.29 is 0 Å². The Labute approximate surface area is 309 Å². The highest BCUT2D eigenvalue weighted by molar-refractivity contribution is 5.85. The van der Waals surface area contributed by atoms with Crippen LogP contribution in [0.2, 0.25) is 0 Å². The molecule has 0 spiro atoms. The predicted octanol–water partition coefficient (Wildman–Crippen LogP) is 10.5. The topological polar surface area (TPSA) is 51.6 Å². The molecule has 2 heterocycles. The normalized spacial score (nSPS) is 13.4. The lowest BCUT2D eigenvalue weighted by Crippen LogP contribution is -2.31. The smallest absolute Gasteiger partial charge is 0.165 e. The van der Waals surface area contributed by atoms with Crippen molar-refractivity contribution in [3.63, 3.8) is 0 Å². The molecule has 0 amide bonds. The molecule has 8 aromatic rings. The molecule has 4 nitrogen and oxygen atoms in total. The summed E-state index contributed by atoms with van der Waals surface area (Å²) in [6.07, 6.45) is 5.71. The number of pyridine rings is 1. The molecule has 6 aromatic carbocycles. The lowest BCUT2D eigenvalue weighted by atomic mass is 9.90. The lowest BCUT2D eigenvalue weighted by molar-refractivity contribution is 0.800. The molecule has 0 saturated heterocycles. The summed E-state index contributed by atoms with van der Waals surface area (Å²) >= 11 is 0. The second-order valence-electron chi connectivity index (χ2n) is 13.5. The average Bonchev–Trinajstić information content (AvgIpc) is 3.24. The van der Waals surface area contributed by atoms with E-state index in [-0.39, 0.29) is 0 Å². The first-order chi connectivity index (χ1) is 26.2. The van der Waals surface area contributed by atoms with Crippen molar-refractivity contribution in [3.05, 3.63) is 180 Å². The lowest BCUT2D eigenvalue weighted by Gasteiger charge is -2.17. The van der Waals surface area contributed by atoms with Crippen LogP contribution in [0, 0.1) is 5.92 Å². The first kappa shape index (κ1) is 32.1. The molecule has 2 aromatic heterocycles. The third kappa shape index (κ3) is 6.59. The van der Waals surface area contributed by atoms with Gasteiger partial charge in [-0.15, -0.1) is 0 Å². The molecule has 252 valence electrons. The van der Waals surface area contributed by atoms with Crippen molar-refractivity contribution in [3.8, 4) is 78.9 Å². The molecule has 53 heavy (non-hydrogen) atoms. The Bertz CT molecular complexity index is 2560. The van der Waals surface area contributed by atoms with Crippen molar-refractivity contribution in [2.75, 3.05) is 0 Å². The maximum Gasteiger partial charge on any atom is 0.165 e. The summed E-state index contributed by atoms with van der Waals surface area (Å²) in [7, 11) is 0. The van der Waals surface area contributed by atoms with Crippen LogP contribution in [0.4, 0.5) is 0 Å². The van der Waals surface area contributed by atoms with Crippen LogP contribution in [-0.2, 0) is 0 Å². The van der Waals surface area contributed by atoms with E-state index in [1.165, 1.54) is 10.4 Å². The quantitative estimate of drug-likeness (QED) is 0.168. The third-order valence-electron chi connectivity index (χ3n) is 9.86. The van der Waals surface area contributed by atoms with Crippen molar-refractivity contribution in [1.29, 1.82) is 0 Å². The van der Waals surface area contributed by atoms with Gasteiger partial charge in [-0.3, -0.25) is 0 Å². The first-order valence-electron chi connectivity index (χ1n) is 18.1. The molecule has 1 unspecified atom stereocenters. The van der Waals surface area contributed by atoms with Gasteiger partial charge < -0.3 is 0 Å². The predicted molar refractivity (Wildman–Crippen MR) is 218 cm³/mol. The molecule has 1 aliphatic carbocycles.